The maximum atomic E-state index is 10.8. The molecule has 1 N–H and O–H groups in total. The average molecular weight is 186 g/mol. The van der Waals surface area contributed by atoms with Gasteiger partial charge in [0.1, 0.15) is 5.75 Å². The molecular formula is C11H6O3. The minimum Gasteiger partial charge on any atom is -0.478 e. The fraction of sp³-hybridized carbons (Fsp3) is 0. The molecule has 0 saturated heterocycles. The Kier molecular flexibility index (Phi) is 1.19. The number of benzene rings is 1. The number of ether oxygens (including phenoxy) is 1. The van der Waals surface area contributed by atoms with E-state index in [0.717, 1.165) is 22.5 Å². The second-order valence-corrected chi connectivity index (χ2v) is 3.20. The fourth-order valence-electron chi connectivity index (χ4n) is 1.72. The van der Waals surface area contributed by atoms with Crippen LogP contribution in [-0.4, -0.2) is 11.1 Å². The lowest BCUT2D eigenvalue weighted by Crippen LogP contribution is -1.92. The van der Waals surface area contributed by atoms with Crippen LogP contribution < -0.4 is 4.74 Å². The summed E-state index contributed by atoms with van der Waals surface area (Å²) in [5, 5.41) is 8.86. The minimum absolute atomic E-state index is 0.384. The third-order valence-electron chi connectivity index (χ3n) is 2.40. The lowest BCUT2D eigenvalue weighted by molar-refractivity contribution is -0.131. The van der Waals surface area contributed by atoms with Crippen LogP contribution >= 0.6 is 0 Å². The first-order valence-corrected chi connectivity index (χ1v) is 4.23. The summed E-state index contributed by atoms with van der Waals surface area (Å²) in [4.78, 5) is 10.8. The lowest BCUT2D eigenvalue weighted by atomic mass is 10.1. The predicted octanol–water partition coefficient (Wildman–Crippen LogP) is 1.81. The van der Waals surface area contributed by atoms with Gasteiger partial charge in [0.15, 0.2) is 0 Å². The molecule has 14 heavy (non-hydrogen) atoms. The van der Waals surface area contributed by atoms with Crippen LogP contribution in [0, 0.1) is 0 Å². The Morgan fingerprint density at radius 1 is 1.29 bits per heavy atom. The monoisotopic (exact) mass is 186 g/mol. The summed E-state index contributed by atoms with van der Waals surface area (Å²) in [6.45, 7) is 0. The van der Waals surface area contributed by atoms with E-state index in [1.807, 2.05) is 24.3 Å². The first-order chi connectivity index (χ1) is 6.79. The summed E-state index contributed by atoms with van der Waals surface area (Å²) in [5.41, 5.74) is 2.80. The van der Waals surface area contributed by atoms with Crippen molar-refractivity contribution >= 4 is 11.5 Å². The van der Waals surface area contributed by atoms with E-state index in [2.05, 4.69) is 0 Å². The molecule has 0 spiro atoms. The Labute approximate surface area is 79.9 Å². The molecule has 3 heteroatoms. The molecule has 1 heterocycles. The van der Waals surface area contributed by atoms with Gasteiger partial charge in [0.25, 0.3) is 0 Å². The van der Waals surface area contributed by atoms with Crippen LogP contribution in [0.2, 0.25) is 0 Å². The molecule has 0 bridgehead atoms. The van der Waals surface area contributed by atoms with Crippen molar-refractivity contribution in [2.75, 3.05) is 0 Å². The molecule has 0 unspecified atom stereocenters. The van der Waals surface area contributed by atoms with E-state index < -0.39 is 5.97 Å². The van der Waals surface area contributed by atoms with Gasteiger partial charge in [-0.25, -0.2) is 4.79 Å². The highest BCUT2D eigenvalue weighted by atomic mass is 16.5. The summed E-state index contributed by atoms with van der Waals surface area (Å²) >= 11 is 0. The highest BCUT2D eigenvalue weighted by molar-refractivity contribution is 6.21. The number of para-hydroxylation sites is 1. The number of hydrogen-bond acceptors (Lipinski definition) is 2. The van der Waals surface area contributed by atoms with Crippen molar-refractivity contribution in [2.24, 2.45) is 0 Å². The van der Waals surface area contributed by atoms with Gasteiger partial charge in [0.2, 0.25) is 0 Å². The van der Waals surface area contributed by atoms with Crippen LogP contribution in [0.1, 0.15) is 5.56 Å². The Morgan fingerprint density at radius 2 is 2.07 bits per heavy atom. The number of allylic oxidation sites excluding steroid dienone is 1. The molecule has 2 aliphatic rings. The minimum atomic E-state index is -0.883. The molecule has 3 nitrogen and oxygen atoms in total. The van der Waals surface area contributed by atoms with E-state index in [9.17, 15) is 4.79 Å². The largest absolute Gasteiger partial charge is 0.478 e. The smallest absolute Gasteiger partial charge is 0.337 e. The highest BCUT2D eigenvalue weighted by Gasteiger charge is 2.40. The van der Waals surface area contributed by atoms with E-state index in [1.54, 1.807) is 0 Å². The van der Waals surface area contributed by atoms with Crippen molar-refractivity contribution in [3.8, 4) is 5.75 Å². The summed E-state index contributed by atoms with van der Waals surface area (Å²) in [6.07, 6.45) is 1.50. The quantitative estimate of drug-likeness (QED) is 0.727. The standard InChI is InChI=1S/C11H6O3/c12-11(13)10-7-5-14-8-4-2-1-3-6(8)9(7)10/h1-5H,(H,12,13). The van der Waals surface area contributed by atoms with Gasteiger partial charge in [0.05, 0.1) is 11.8 Å². The molecule has 0 atom stereocenters. The molecule has 0 radical (unpaired) electrons. The Bertz CT molecular complexity index is 509. The van der Waals surface area contributed by atoms with Gasteiger partial charge in [-0.15, -0.1) is 0 Å². The van der Waals surface area contributed by atoms with Gasteiger partial charge in [-0.3, -0.25) is 0 Å². The molecule has 68 valence electrons. The van der Waals surface area contributed by atoms with Crippen molar-refractivity contribution in [3.05, 3.63) is 47.2 Å². The van der Waals surface area contributed by atoms with Gasteiger partial charge in [-0.2, -0.15) is 0 Å². The van der Waals surface area contributed by atoms with Crippen molar-refractivity contribution in [1.82, 2.24) is 0 Å². The number of carboxylic acids is 1. The Hall–Kier alpha value is -2.03. The van der Waals surface area contributed by atoms with Crippen LogP contribution in [0.4, 0.5) is 0 Å². The summed E-state index contributed by atoms with van der Waals surface area (Å²) in [5.74, 6) is -0.158. The first-order valence-electron chi connectivity index (χ1n) is 4.23. The van der Waals surface area contributed by atoms with Gasteiger partial charge < -0.3 is 9.84 Å². The van der Waals surface area contributed by atoms with Gasteiger partial charge in [-0.05, 0) is 6.07 Å². The highest BCUT2D eigenvalue weighted by Crippen LogP contribution is 2.51. The van der Waals surface area contributed by atoms with Crippen molar-refractivity contribution in [3.63, 3.8) is 0 Å². The number of fused-ring (bicyclic) bond motifs is 3. The van der Waals surface area contributed by atoms with Crippen LogP contribution in [0.5, 0.6) is 5.75 Å². The number of carbonyl (C=O) groups is 1. The average Bonchev–Trinajstić information content (AvgIpc) is 2.92. The summed E-state index contributed by atoms with van der Waals surface area (Å²) in [6, 6.07) is 7.43. The number of hydrogen-bond donors (Lipinski definition) is 1. The predicted molar refractivity (Wildman–Crippen MR) is 49.7 cm³/mol. The van der Waals surface area contributed by atoms with E-state index in [0.29, 0.717) is 5.57 Å². The van der Waals surface area contributed by atoms with Crippen molar-refractivity contribution in [1.29, 1.82) is 0 Å². The van der Waals surface area contributed by atoms with E-state index in [-0.39, 0.29) is 0 Å². The third-order valence-corrected chi connectivity index (χ3v) is 2.40. The van der Waals surface area contributed by atoms with Gasteiger partial charge in [0, 0.05) is 16.7 Å². The molecule has 1 aliphatic heterocycles. The maximum absolute atomic E-state index is 10.8. The van der Waals surface area contributed by atoms with Gasteiger partial charge in [-0.1, -0.05) is 18.2 Å². The van der Waals surface area contributed by atoms with E-state index >= 15 is 0 Å². The van der Waals surface area contributed by atoms with Crippen molar-refractivity contribution in [2.45, 2.75) is 0 Å². The number of aliphatic carboxylic acids is 1. The van der Waals surface area contributed by atoms with E-state index in [1.165, 1.54) is 6.26 Å². The molecule has 0 fully saturated rings. The molecule has 1 aliphatic carbocycles. The van der Waals surface area contributed by atoms with Crippen LogP contribution in [-0.2, 0) is 4.79 Å². The number of rotatable bonds is 1. The lowest BCUT2D eigenvalue weighted by Gasteiger charge is -2.08. The fourth-order valence-corrected chi connectivity index (χ4v) is 1.72. The zero-order valence-electron chi connectivity index (χ0n) is 7.15. The van der Waals surface area contributed by atoms with Crippen molar-refractivity contribution < 1.29 is 14.6 Å². The topological polar surface area (TPSA) is 46.5 Å². The SMILES string of the molecule is O=C(O)C1=C2C1=COc1ccccc12. The zero-order valence-corrected chi connectivity index (χ0v) is 7.15. The second-order valence-electron chi connectivity index (χ2n) is 3.20. The normalized spacial score (nSPS) is 16.4. The second kappa shape index (κ2) is 2.26. The Balaban J connectivity index is 2.20. The van der Waals surface area contributed by atoms with Crippen LogP contribution in [0.25, 0.3) is 5.57 Å². The molecule has 3 rings (SSSR count). The van der Waals surface area contributed by atoms with Crippen LogP contribution in [0.15, 0.2) is 41.7 Å². The molecule has 0 aromatic heterocycles. The maximum Gasteiger partial charge on any atom is 0.337 e. The third kappa shape index (κ3) is 0.785. The summed E-state index contributed by atoms with van der Waals surface area (Å²) < 4.78 is 5.29. The molecule has 0 saturated carbocycles. The van der Waals surface area contributed by atoms with E-state index in [4.69, 9.17) is 9.84 Å². The molecule has 1 aromatic rings. The Morgan fingerprint density at radius 3 is 2.86 bits per heavy atom. The van der Waals surface area contributed by atoms with Gasteiger partial charge >= 0.3 is 5.97 Å². The molecule has 0 amide bonds. The molecule has 1 aromatic carbocycles. The summed E-state index contributed by atoms with van der Waals surface area (Å²) in [7, 11) is 0. The van der Waals surface area contributed by atoms with Crippen LogP contribution in [0.3, 0.4) is 0 Å². The zero-order chi connectivity index (χ0) is 9.71. The first kappa shape index (κ1) is 7.38. The number of carboxylic acid groups (broad SMARTS) is 1. The molecular weight excluding hydrogens is 180 g/mol.